The topological polar surface area (TPSA) is 37.8 Å². The number of nitrogens with one attached hydrogen (secondary N) is 1. The van der Waals surface area contributed by atoms with Gasteiger partial charge >= 0.3 is 6.18 Å². The van der Waals surface area contributed by atoms with Crippen LogP contribution in [0.5, 0.6) is 0 Å². The molecule has 0 spiro atoms. The van der Waals surface area contributed by atoms with Gasteiger partial charge in [0, 0.05) is 18.0 Å². The maximum absolute atomic E-state index is 12.2. The van der Waals surface area contributed by atoms with Gasteiger partial charge in [-0.05, 0) is 19.1 Å². The summed E-state index contributed by atoms with van der Waals surface area (Å²) in [6.07, 6.45) is -1.01. The van der Waals surface area contributed by atoms with Crippen molar-refractivity contribution in [1.29, 1.82) is 0 Å². The van der Waals surface area contributed by atoms with Crippen LogP contribution in [-0.4, -0.2) is 27.7 Å². The lowest BCUT2D eigenvalue weighted by molar-refractivity contribution is -0.121. The second-order valence-corrected chi connectivity index (χ2v) is 5.38. The first kappa shape index (κ1) is 14.9. The molecule has 0 radical (unpaired) electrons. The van der Waals surface area contributed by atoms with Gasteiger partial charge < -0.3 is 5.32 Å². The molecule has 0 aliphatic carbocycles. The predicted octanol–water partition coefficient (Wildman–Crippen LogP) is 3.34. The Morgan fingerprint density at radius 1 is 1.45 bits per heavy atom. The van der Waals surface area contributed by atoms with Gasteiger partial charge in [0.1, 0.15) is 16.5 Å². The van der Waals surface area contributed by atoms with Crippen LogP contribution in [0, 0.1) is 6.92 Å². The van der Waals surface area contributed by atoms with Crippen LogP contribution in [0.25, 0.3) is 10.6 Å². The van der Waals surface area contributed by atoms with E-state index in [2.05, 4.69) is 15.3 Å². The molecule has 0 aliphatic heterocycles. The maximum Gasteiger partial charge on any atom is 0.405 e. The number of rotatable bonds is 3. The van der Waals surface area contributed by atoms with Crippen LogP contribution >= 0.6 is 23.6 Å². The van der Waals surface area contributed by atoms with E-state index in [1.165, 1.54) is 11.3 Å². The third-order valence-corrected chi connectivity index (χ3v) is 4.06. The minimum atomic E-state index is -4.30. The molecular formula is C12H10F3N3S2. The molecule has 8 heteroatoms. The molecular weight excluding hydrogens is 307 g/mol. The Morgan fingerprint density at radius 3 is 2.80 bits per heavy atom. The van der Waals surface area contributed by atoms with Gasteiger partial charge in [0.2, 0.25) is 0 Å². The minimum Gasteiger partial charge on any atom is -0.366 e. The Balaban J connectivity index is 2.18. The van der Waals surface area contributed by atoms with Gasteiger partial charge in [0.05, 0.1) is 10.6 Å². The quantitative estimate of drug-likeness (QED) is 0.881. The van der Waals surface area contributed by atoms with E-state index in [9.17, 15) is 13.2 Å². The fourth-order valence-electron chi connectivity index (χ4n) is 1.48. The molecule has 0 aromatic carbocycles. The van der Waals surface area contributed by atoms with Crippen molar-refractivity contribution in [2.24, 2.45) is 0 Å². The van der Waals surface area contributed by atoms with Gasteiger partial charge in [-0.25, -0.2) is 4.98 Å². The van der Waals surface area contributed by atoms with Crippen LogP contribution in [-0.2, 0) is 0 Å². The van der Waals surface area contributed by atoms with Crippen LogP contribution in [0.15, 0.2) is 24.5 Å². The second kappa shape index (κ2) is 5.84. The zero-order valence-electron chi connectivity index (χ0n) is 10.4. The Hall–Kier alpha value is -1.54. The predicted molar refractivity (Wildman–Crippen MR) is 75.8 cm³/mol. The number of alkyl halides is 3. The van der Waals surface area contributed by atoms with Crippen molar-refractivity contribution < 1.29 is 13.2 Å². The molecule has 0 fully saturated rings. The summed E-state index contributed by atoms with van der Waals surface area (Å²) in [6.45, 7) is 0.568. The summed E-state index contributed by atoms with van der Waals surface area (Å²) in [4.78, 5) is 8.91. The summed E-state index contributed by atoms with van der Waals surface area (Å²) < 4.78 is 36.5. The van der Waals surface area contributed by atoms with Crippen LogP contribution < -0.4 is 5.32 Å². The lowest BCUT2D eigenvalue weighted by Gasteiger charge is -2.09. The Bertz CT molecular complexity index is 608. The SMILES string of the molecule is Cc1nc(-c2cccnc2)sc1C(=S)NCC(F)(F)F. The zero-order valence-corrected chi connectivity index (χ0v) is 12.0. The van der Waals surface area contributed by atoms with Crippen LogP contribution in [0.4, 0.5) is 13.2 Å². The zero-order chi connectivity index (χ0) is 14.8. The van der Waals surface area contributed by atoms with Crippen LogP contribution in [0.2, 0.25) is 0 Å². The number of pyridine rings is 1. The van der Waals surface area contributed by atoms with E-state index >= 15 is 0 Å². The van der Waals surface area contributed by atoms with Crippen molar-refractivity contribution in [3.63, 3.8) is 0 Å². The third-order valence-electron chi connectivity index (χ3n) is 2.36. The average molecular weight is 317 g/mol. The van der Waals surface area contributed by atoms with Crippen molar-refractivity contribution in [1.82, 2.24) is 15.3 Å². The highest BCUT2D eigenvalue weighted by Gasteiger charge is 2.27. The molecule has 2 rings (SSSR count). The first-order valence-corrected chi connectivity index (χ1v) is 6.82. The van der Waals surface area contributed by atoms with Gasteiger partial charge in [-0.1, -0.05) is 12.2 Å². The summed E-state index contributed by atoms with van der Waals surface area (Å²) >= 11 is 6.23. The normalized spacial score (nSPS) is 11.4. The molecule has 1 N–H and O–H groups in total. The van der Waals surface area contributed by atoms with Crippen molar-refractivity contribution in [2.75, 3.05) is 6.54 Å². The maximum atomic E-state index is 12.2. The molecule has 0 atom stereocenters. The van der Waals surface area contributed by atoms with Crippen LogP contribution in [0.1, 0.15) is 10.6 Å². The first-order chi connectivity index (χ1) is 9.37. The van der Waals surface area contributed by atoms with Crippen molar-refractivity contribution >= 4 is 28.5 Å². The monoisotopic (exact) mass is 317 g/mol. The number of aryl methyl sites for hydroxylation is 1. The molecule has 3 nitrogen and oxygen atoms in total. The van der Waals surface area contributed by atoms with Gasteiger partial charge in [0.25, 0.3) is 0 Å². The molecule has 0 unspecified atom stereocenters. The Morgan fingerprint density at radius 2 is 2.20 bits per heavy atom. The van der Waals surface area contributed by atoms with Gasteiger partial charge in [-0.15, -0.1) is 11.3 Å². The minimum absolute atomic E-state index is 0.0625. The molecule has 0 saturated carbocycles. The Kier molecular flexibility index (Phi) is 4.34. The molecule has 0 amide bonds. The first-order valence-electron chi connectivity index (χ1n) is 5.59. The number of nitrogens with zero attached hydrogens (tertiary/aromatic N) is 2. The highest BCUT2D eigenvalue weighted by Crippen LogP contribution is 2.27. The van der Waals surface area contributed by atoms with E-state index in [4.69, 9.17) is 12.2 Å². The highest BCUT2D eigenvalue weighted by atomic mass is 32.1. The van der Waals surface area contributed by atoms with Crippen molar-refractivity contribution in [3.8, 4) is 10.6 Å². The lowest BCUT2D eigenvalue weighted by Crippen LogP contribution is -2.33. The summed E-state index contributed by atoms with van der Waals surface area (Å²) in [7, 11) is 0. The van der Waals surface area contributed by atoms with Crippen molar-refractivity contribution in [2.45, 2.75) is 13.1 Å². The highest BCUT2D eigenvalue weighted by molar-refractivity contribution is 7.81. The Labute approximate surface area is 122 Å². The summed E-state index contributed by atoms with van der Waals surface area (Å²) in [5.74, 6) is 0. The molecule has 0 bridgehead atoms. The standard InChI is InChI=1S/C12H10F3N3S2/c1-7-9(10(19)17-6-12(13,14)15)20-11(18-7)8-3-2-4-16-5-8/h2-5H,6H2,1H3,(H,17,19). The molecule has 2 aromatic rings. The summed E-state index contributed by atoms with van der Waals surface area (Å²) in [5, 5.41) is 2.89. The van der Waals surface area contributed by atoms with Crippen LogP contribution in [0.3, 0.4) is 0 Å². The van der Waals surface area contributed by atoms with E-state index < -0.39 is 12.7 Å². The fourth-order valence-corrected chi connectivity index (χ4v) is 2.80. The number of thiazole rings is 1. The fraction of sp³-hybridized carbons (Fsp3) is 0.250. The van der Waals surface area contributed by atoms with Crippen molar-refractivity contribution in [3.05, 3.63) is 35.1 Å². The average Bonchev–Trinajstić information content (AvgIpc) is 2.78. The molecule has 2 heterocycles. The summed E-state index contributed by atoms with van der Waals surface area (Å²) in [5.41, 5.74) is 1.42. The largest absolute Gasteiger partial charge is 0.405 e. The van der Waals surface area contributed by atoms with Gasteiger partial charge in [-0.2, -0.15) is 13.2 Å². The molecule has 0 aliphatic rings. The molecule has 106 valence electrons. The van der Waals surface area contributed by atoms with E-state index in [1.54, 1.807) is 25.4 Å². The van der Waals surface area contributed by atoms with Gasteiger partial charge in [0.15, 0.2) is 0 Å². The smallest absolute Gasteiger partial charge is 0.366 e. The third kappa shape index (κ3) is 3.73. The van der Waals surface area contributed by atoms with E-state index in [-0.39, 0.29) is 4.99 Å². The van der Waals surface area contributed by atoms with E-state index in [0.29, 0.717) is 15.6 Å². The molecule has 20 heavy (non-hydrogen) atoms. The number of halogens is 3. The number of thiocarbonyl (C=S) groups is 1. The second-order valence-electron chi connectivity index (χ2n) is 3.97. The summed E-state index contributed by atoms with van der Waals surface area (Å²) in [6, 6.07) is 3.60. The number of aromatic nitrogens is 2. The van der Waals surface area contributed by atoms with E-state index in [0.717, 1.165) is 5.56 Å². The molecule has 0 saturated heterocycles. The number of hydrogen-bond acceptors (Lipinski definition) is 4. The van der Waals surface area contributed by atoms with E-state index in [1.807, 2.05) is 6.07 Å². The van der Waals surface area contributed by atoms with Gasteiger partial charge in [-0.3, -0.25) is 4.98 Å². The lowest BCUT2D eigenvalue weighted by atomic mass is 10.3. The molecule has 2 aromatic heterocycles. The number of hydrogen-bond donors (Lipinski definition) is 1.